The molecular weight excluding hydrogens is 414 g/mol. The molecule has 0 spiro atoms. The zero-order valence-electron chi connectivity index (χ0n) is 17.7. The van der Waals surface area contributed by atoms with Crippen molar-refractivity contribution in [3.8, 4) is 0 Å². The van der Waals surface area contributed by atoms with Crippen LogP contribution >= 0.6 is 0 Å². The number of anilines is 2. The third kappa shape index (κ3) is 4.58. The number of nitrogens with one attached hydrogen (secondary N) is 2. The monoisotopic (exact) mass is 441 g/mol. The van der Waals surface area contributed by atoms with Crippen molar-refractivity contribution >= 4 is 33.2 Å². The Hall–Kier alpha value is -2.87. The third-order valence-corrected chi connectivity index (χ3v) is 6.90. The summed E-state index contributed by atoms with van der Waals surface area (Å²) in [5.41, 5.74) is 2.15. The number of para-hydroxylation sites is 1. The Balaban J connectivity index is 1.55. The standard InChI is InChI=1S/C23H27N3O4S/c1-15(2)14-24-22(27)19-5-3-4-6-20(19)25-31(29,30)18-9-10-21-17(13-18)11-12-26(21)23(28)16-7-8-16/h3-6,9-10,13,15-16,25H,7-8,11-12,14H2,1-2H3,(H,24,27). The number of sulfonamides is 1. The molecule has 164 valence electrons. The van der Waals surface area contributed by atoms with Gasteiger partial charge in [-0.15, -0.1) is 0 Å². The van der Waals surface area contributed by atoms with Crippen LogP contribution in [0.5, 0.6) is 0 Å². The van der Waals surface area contributed by atoms with Gasteiger partial charge in [-0.3, -0.25) is 14.3 Å². The summed E-state index contributed by atoms with van der Waals surface area (Å²) in [5, 5.41) is 2.82. The first-order valence-electron chi connectivity index (χ1n) is 10.6. The zero-order chi connectivity index (χ0) is 22.2. The molecule has 0 unspecified atom stereocenters. The second kappa shape index (κ2) is 8.34. The number of carbonyl (C=O) groups excluding carboxylic acids is 2. The van der Waals surface area contributed by atoms with E-state index in [4.69, 9.17) is 0 Å². The molecule has 2 N–H and O–H groups in total. The molecule has 8 heteroatoms. The summed E-state index contributed by atoms with van der Waals surface area (Å²) in [7, 11) is -3.90. The summed E-state index contributed by atoms with van der Waals surface area (Å²) in [6.45, 7) is 5.06. The van der Waals surface area contributed by atoms with Crippen LogP contribution in [-0.4, -0.2) is 33.3 Å². The maximum absolute atomic E-state index is 13.1. The molecule has 1 heterocycles. The van der Waals surface area contributed by atoms with Crippen molar-refractivity contribution in [2.24, 2.45) is 11.8 Å². The average molecular weight is 442 g/mol. The van der Waals surface area contributed by atoms with E-state index in [0.717, 1.165) is 24.1 Å². The van der Waals surface area contributed by atoms with Crippen molar-refractivity contribution in [1.82, 2.24) is 5.32 Å². The predicted octanol–water partition coefficient (Wildman–Crippen LogP) is 3.17. The minimum atomic E-state index is -3.90. The van der Waals surface area contributed by atoms with E-state index in [1.165, 1.54) is 6.07 Å². The number of hydrogen-bond donors (Lipinski definition) is 2. The molecule has 2 amide bonds. The smallest absolute Gasteiger partial charge is 0.261 e. The van der Waals surface area contributed by atoms with Gasteiger partial charge in [0.15, 0.2) is 0 Å². The molecule has 0 radical (unpaired) electrons. The van der Waals surface area contributed by atoms with Gasteiger partial charge in [0.05, 0.1) is 16.1 Å². The van der Waals surface area contributed by atoms with Crippen LogP contribution in [0.25, 0.3) is 0 Å². The molecule has 0 aromatic heterocycles. The van der Waals surface area contributed by atoms with Gasteiger partial charge in [0.1, 0.15) is 0 Å². The summed E-state index contributed by atoms with van der Waals surface area (Å²) < 4.78 is 28.7. The Bertz CT molecular complexity index is 1120. The Morgan fingerprint density at radius 3 is 2.58 bits per heavy atom. The topological polar surface area (TPSA) is 95.6 Å². The first-order chi connectivity index (χ1) is 14.8. The van der Waals surface area contributed by atoms with E-state index in [0.29, 0.717) is 19.5 Å². The summed E-state index contributed by atoms with van der Waals surface area (Å²) in [4.78, 5) is 26.9. The zero-order valence-corrected chi connectivity index (χ0v) is 18.5. The fourth-order valence-electron chi connectivity index (χ4n) is 3.69. The molecule has 2 aromatic carbocycles. The molecule has 31 heavy (non-hydrogen) atoms. The van der Waals surface area contributed by atoms with Crippen LogP contribution in [0, 0.1) is 11.8 Å². The van der Waals surface area contributed by atoms with Gasteiger partial charge in [-0.1, -0.05) is 26.0 Å². The number of benzene rings is 2. The first-order valence-corrected chi connectivity index (χ1v) is 12.1. The highest BCUT2D eigenvalue weighted by Crippen LogP contribution is 2.37. The highest BCUT2D eigenvalue weighted by molar-refractivity contribution is 7.92. The molecule has 0 bridgehead atoms. The maximum atomic E-state index is 13.1. The number of fused-ring (bicyclic) bond motifs is 1. The van der Waals surface area contributed by atoms with Crippen molar-refractivity contribution in [2.75, 3.05) is 22.7 Å². The summed E-state index contributed by atoms with van der Waals surface area (Å²) in [6.07, 6.45) is 2.50. The predicted molar refractivity (Wildman–Crippen MR) is 120 cm³/mol. The van der Waals surface area contributed by atoms with Gasteiger partial charge >= 0.3 is 0 Å². The van der Waals surface area contributed by atoms with Gasteiger partial charge in [0.2, 0.25) is 5.91 Å². The van der Waals surface area contributed by atoms with E-state index in [1.807, 2.05) is 13.8 Å². The molecule has 2 aromatic rings. The van der Waals surface area contributed by atoms with Crippen LogP contribution in [-0.2, 0) is 21.2 Å². The lowest BCUT2D eigenvalue weighted by Gasteiger charge is -2.17. The molecule has 1 saturated carbocycles. The maximum Gasteiger partial charge on any atom is 0.261 e. The lowest BCUT2D eigenvalue weighted by molar-refractivity contribution is -0.119. The quantitative estimate of drug-likeness (QED) is 0.690. The summed E-state index contributed by atoms with van der Waals surface area (Å²) in [5.74, 6) is 0.212. The summed E-state index contributed by atoms with van der Waals surface area (Å²) in [6, 6.07) is 11.4. The average Bonchev–Trinajstić information content (AvgIpc) is 3.50. The van der Waals surface area contributed by atoms with E-state index in [1.54, 1.807) is 41.3 Å². The van der Waals surface area contributed by atoms with Crippen molar-refractivity contribution < 1.29 is 18.0 Å². The number of nitrogens with zero attached hydrogens (tertiary/aromatic N) is 1. The van der Waals surface area contributed by atoms with Crippen LogP contribution in [0.3, 0.4) is 0 Å². The van der Waals surface area contributed by atoms with Gasteiger partial charge in [0, 0.05) is 24.7 Å². The first kappa shape index (κ1) is 21.4. The van der Waals surface area contributed by atoms with E-state index in [-0.39, 0.29) is 39.8 Å². The molecule has 0 atom stereocenters. The van der Waals surface area contributed by atoms with Gasteiger partial charge in [-0.05, 0) is 61.1 Å². The summed E-state index contributed by atoms with van der Waals surface area (Å²) >= 11 is 0. The Kier molecular flexibility index (Phi) is 5.75. The number of carbonyl (C=O) groups is 2. The van der Waals surface area contributed by atoms with Crippen molar-refractivity contribution in [2.45, 2.75) is 38.0 Å². The molecule has 2 aliphatic rings. The van der Waals surface area contributed by atoms with Crippen LogP contribution in [0.1, 0.15) is 42.6 Å². The molecular formula is C23H27N3O4S. The normalized spacial score (nSPS) is 15.6. The minimum absolute atomic E-state index is 0.115. The Labute approximate surface area is 182 Å². The fraction of sp³-hybridized carbons (Fsp3) is 0.391. The van der Waals surface area contributed by atoms with E-state index < -0.39 is 10.0 Å². The molecule has 1 aliphatic carbocycles. The van der Waals surface area contributed by atoms with Crippen LogP contribution in [0.15, 0.2) is 47.4 Å². The SMILES string of the molecule is CC(C)CNC(=O)c1ccccc1NS(=O)(=O)c1ccc2c(c1)CCN2C(=O)C1CC1. The fourth-order valence-corrected chi connectivity index (χ4v) is 4.82. The third-order valence-electron chi connectivity index (χ3n) is 5.54. The van der Waals surface area contributed by atoms with Crippen LogP contribution < -0.4 is 14.9 Å². The van der Waals surface area contributed by atoms with E-state index in [2.05, 4.69) is 10.0 Å². The Morgan fingerprint density at radius 1 is 1.13 bits per heavy atom. The molecule has 1 fully saturated rings. The lowest BCUT2D eigenvalue weighted by atomic mass is 10.1. The van der Waals surface area contributed by atoms with Crippen molar-refractivity contribution in [3.05, 3.63) is 53.6 Å². The number of amides is 2. The molecule has 1 aliphatic heterocycles. The van der Waals surface area contributed by atoms with Gasteiger partial charge in [-0.2, -0.15) is 0 Å². The minimum Gasteiger partial charge on any atom is -0.352 e. The largest absolute Gasteiger partial charge is 0.352 e. The number of hydrogen-bond acceptors (Lipinski definition) is 4. The second-order valence-corrected chi connectivity index (χ2v) is 10.2. The molecule has 0 saturated heterocycles. The highest BCUT2D eigenvalue weighted by atomic mass is 32.2. The van der Waals surface area contributed by atoms with Crippen LogP contribution in [0.2, 0.25) is 0 Å². The van der Waals surface area contributed by atoms with E-state index >= 15 is 0 Å². The molecule has 7 nitrogen and oxygen atoms in total. The highest BCUT2D eigenvalue weighted by Gasteiger charge is 2.36. The van der Waals surface area contributed by atoms with Crippen molar-refractivity contribution in [3.63, 3.8) is 0 Å². The van der Waals surface area contributed by atoms with Gasteiger partial charge in [0.25, 0.3) is 15.9 Å². The van der Waals surface area contributed by atoms with Crippen molar-refractivity contribution in [1.29, 1.82) is 0 Å². The second-order valence-electron chi connectivity index (χ2n) is 8.56. The van der Waals surface area contributed by atoms with Gasteiger partial charge in [-0.25, -0.2) is 8.42 Å². The van der Waals surface area contributed by atoms with Gasteiger partial charge < -0.3 is 10.2 Å². The molecule has 4 rings (SSSR count). The van der Waals surface area contributed by atoms with Crippen LogP contribution in [0.4, 0.5) is 11.4 Å². The lowest BCUT2D eigenvalue weighted by Crippen LogP contribution is -2.30. The number of rotatable bonds is 7. The Morgan fingerprint density at radius 2 is 1.87 bits per heavy atom. The van der Waals surface area contributed by atoms with E-state index in [9.17, 15) is 18.0 Å².